The van der Waals surface area contributed by atoms with E-state index in [4.69, 9.17) is 5.73 Å². The van der Waals surface area contributed by atoms with Crippen LogP contribution in [-0.4, -0.2) is 9.78 Å². The zero-order chi connectivity index (χ0) is 10.3. The molecule has 2 rings (SSSR count). The predicted molar refractivity (Wildman–Crippen MR) is 57.2 cm³/mol. The summed E-state index contributed by atoms with van der Waals surface area (Å²) in [5.74, 6) is 0. The maximum atomic E-state index is 5.93. The van der Waals surface area contributed by atoms with Crippen molar-refractivity contribution in [3.8, 4) is 0 Å². The van der Waals surface area contributed by atoms with E-state index in [2.05, 4.69) is 23.6 Å². The van der Waals surface area contributed by atoms with Gasteiger partial charge in [-0.2, -0.15) is 5.10 Å². The van der Waals surface area contributed by atoms with Crippen LogP contribution in [0.2, 0.25) is 0 Å². The maximum absolute atomic E-state index is 5.93. The van der Waals surface area contributed by atoms with Crippen molar-refractivity contribution in [3.63, 3.8) is 0 Å². The van der Waals surface area contributed by atoms with Gasteiger partial charge in [-0.25, -0.2) is 0 Å². The highest BCUT2D eigenvalue weighted by molar-refractivity contribution is 5.28. The second kappa shape index (κ2) is 3.39. The van der Waals surface area contributed by atoms with Crippen molar-refractivity contribution in [1.82, 2.24) is 9.78 Å². The van der Waals surface area contributed by atoms with E-state index >= 15 is 0 Å². The molecule has 0 bridgehead atoms. The Morgan fingerprint density at radius 3 is 2.43 bits per heavy atom. The summed E-state index contributed by atoms with van der Waals surface area (Å²) in [5.41, 5.74) is 9.54. The molecule has 1 fully saturated rings. The molecule has 14 heavy (non-hydrogen) atoms. The third-order valence-electron chi connectivity index (χ3n) is 3.26. The third kappa shape index (κ3) is 1.36. The second-order valence-corrected chi connectivity index (χ2v) is 4.40. The lowest BCUT2D eigenvalue weighted by Gasteiger charge is -2.27. The van der Waals surface area contributed by atoms with Crippen LogP contribution in [0.5, 0.6) is 0 Å². The fourth-order valence-electron chi connectivity index (χ4n) is 2.32. The summed E-state index contributed by atoms with van der Waals surface area (Å²) in [6, 6.07) is 0.741. The van der Waals surface area contributed by atoms with Crippen LogP contribution in [0.1, 0.15) is 55.2 Å². The number of aromatic nitrogens is 2. The summed E-state index contributed by atoms with van der Waals surface area (Å²) in [7, 11) is 0. The Morgan fingerprint density at radius 2 is 2.07 bits per heavy atom. The lowest BCUT2D eigenvalue weighted by atomic mass is 9.93. The molecule has 1 atom stereocenters. The molecule has 0 aromatic carbocycles. The quantitative estimate of drug-likeness (QED) is 0.782. The zero-order valence-electron chi connectivity index (χ0n) is 9.25. The third-order valence-corrected chi connectivity index (χ3v) is 3.26. The van der Waals surface area contributed by atoms with Gasteiger partial charge in [0.25, 0.3) is 0 Å². The average molecular weight is 193 g/mol. The van der Waals surface area contributed by atoms with Gasteiger partial charge in [-0.15, -0.1) is 0 Å². The van der Waals surface area contributed by atoms with Crippen molar-refractivity contribution >= 4 is 0 Å². The molecule has 1 aliphatic rings. The number of rotatable bonds is 2. The summed E-state index contributed by atoms with van der Waals surface area (Å²) >= 11 is 0. The van der Waals surface area contributed by atoms with Crippen LogP contribution in [0.3, 0.4) is 0 Å². The largest absolute Gasteiger partial charge is 0.324 e. The molecule has 1 aromatic heterocycles. The van der Waals surface area contributed by atoms with E-state index in [-0.39, 0.29) is 6.04 Å². The Kier molecular flexibility index (Phi) is 2.35. The van der Waals surface area contributed by atoms with Crippen molar-refractivity contribution < 1.29 is 0 Å². The normalized spacial score (nSPS) is 19.4. The standard InChI is InChI=1S/C11H19N3/c1-7(12)11-8(2)13-14(9(11)3)10-5-4-6-10/h7,10H,4-6,12H2,1-3H3. The van der Waals surface area contributed by atoms with E-state index in [1.807, 2.05) is 6.92 Å². The molecule has 1 heterocycles. The van der Waals surface area contributed by atoms with E-state index in [1.165, 1.54) is 30.5 Å². The Balaban J connectivity index is 2.38. The van der Waals surface area contributed by atoms with Gasteiger partial charge in [-0.05, 0) is 40.0 Å². The molecular weight excluding hydrogens is 174 g/mol. The minimum Gasteiger partial charge on any atom is -0.324 e. The zero-order valence-corrected chi connectivity index (χ0v) is 9.25. The summed E-state index contributed by atoms with van der Waals surface area (Å²) in [6.07, 6.45) is 3.90. The molecule has 0 aliphatic heterocycles. The maximum Gasteiger partial charge on any atom is 0.0644 e. The topological polar surface area (TPSA) is 43.8 Å². The Bertz CT molecular complexity index is 335. The molecule has 1 aliphatic carbocycles. The van der Waals surface area contributed by atoms with Gasteiger partial charge in [0.15, 0.2) is 0 Å². The molecule has 78 valence electrons. The number of hydrogen-bond acceptors (Lipinski definition) is 2. The van der Waals surface area contributed by atoms with Crippen molar-refractivity contribution in [1.29, 1.82) is 0 Å². The minimum atomic E-state index is 0.101. The van der Waals surface area contributed by atoms with E-state index in [0.717, 1.165) is 5.69 Å². The van der Waals surface area contributed by atoms with E-state index in [9.17, 15) is 0 Å². The first-order valence-corrected chi connectivity index (χ1v) is 5.42. The first-order chi connectivity index (χ1) is 6.61. The predicted octanol–water partition coefficient (Wildman–Crippen LogP) is 2.24. The first-order valence-electron chi connectivity index (χ1n) is 5.42. The van der Waals surface area contributed by atoms with Crippen LogP contribution in [0.25, 0.3) is 0 Å². The van der Waals surface area contributed by atoms with E-state index in [1.54, 1.807) is 0 Å². The van der Waals surface area contributed by atoms with Crippen LogP contribution in [0.4, 0.5) is 0 Å². The summed E-state index contributed by atoms with van der Waals surface area (Å²) in [5, 5.41) is 4.59. The SMILES string of the molecule is Cc1nn(C2CCC2)c(C)c1C(C)N. The Labute approximate surface area is 85.3 Å². The molecule has 1 aromatic rings. The van der Waals surface area contributed by atoms with Crippen LogP contribution >= 0.6 is 0 Å². The molecule has 1 unspecified atom stereocenters. The van der Waals surface area contributed by atoms with Gasteiger partial charge in [-0.1, -0.05) is 0 Å². The summed E-state index contributed by atoms with van der Waals surface area (Å²) < 4.78 is 2.18. The lowest BCUT2D eigenvalue weighted by Crippen LogP contribution is -2.19. The minimum absolute atomic E-state index is 0.101. The number of nitrogens with zero attached hydrogens (tertiary/aromatic N) is 2. The smallest absolute Gasteiger partial charge is 0.0644 e. The highest BCUT2D eigenvalue weighted by atomic mass is 15.3. The van der Waals surface area contributed by atoms with Gasteiger partial charge in [0, 0.05) is 17.3 Å². The Hall–Kier alpha value is -0.830. The number of aryl methyl sites for hydroxylation is 1. The molecule has 2 N–H and O–H groups in total. The number of nitrogens with two attached hydrogens (primary N) is 1. The monoisotopic (exact) mass is 193 g/mol. The average Bonchev–Trinajstić information content (AvgIpc) is 2.23. The molecule has 3 heteroatoms. The molecular formula is C11H19N3. The van der Waals surface area contributed by atoms with E-state index in [0.29, 0.717) is 6.04 Å². The fraction of sp³-hybridized carbons (Fsp3) is 0.727. The number of hydrogen-bond donors (Lipinski definition) is 1. The van der Waals surface area contributed by atoms with Crippen LogP contribution < -0.4 is 5.73 Å². The first kappa shape index (κ1) is 9.71. The van der Waals surface area contributed by atoms with Crippen molar-refractivity contribution in [2.45, 2.75) is 52.1 Å². The fourth-order valence-corrected chi connectivity index (χ4v) is 2.32. The lowest BCUT2D eigenvalue weighted by molar-refractivity contribution is 0.283. The van der Waals surface area contributed by atoms with Crippen LogP contribution in [-0.2, 0) is 0 Å². The molecule has 0 saturated heterocycles. The van der Waals surface area contributed by atoms with Gasteiger partial charge < -0.3 is 5.73 Å². The summed E-state index contributed by atoms with van der Waals surface area (Å²) in [4.78, 5) is 0. The molecule has 1 saturated carbocycles. The van der Waals surface area contributed by atoms with Gasteiger partial charge in [-0.3, -0.25) is 4.68 Å². The molecule has 0 amide bonds. The van der Waals surface area contributed by atoms with Crippen molar-refractivity contribution in [2.24, 2.45) is 5.73 Å². The van der Waals surface area contributed by atoms with E-state index < -0.39 is 0 Å². The highest BCUT2D eigenvalue weighted by Crippen LogP contribution is 2.34. The van der Waals surface area contributed by atoms with Crippen LogP contribution in [0.15, 0.2) is 0 Å². The van der Waals surface area contributed by atoms with Gasteiger partial charge in [0.1, 0.15) is 0 Å². The molecule has 0 spiro atoms. The summed E-state index contributed by atoms with van der Waals surface area (Å²) in [6.45, 7) is 6.22. The highest BCUT2D eigenvalue weighted by Gasteiger charge is 2.24. The van der Waals surface area contributed by atoms with Crippen molar-refractivity contribution in [2.75, 3.05) is 0 Å². The van der Waals surface area contributed by atoms with Gasteiger partial charge >= 0.3 is 0 Å². The van der Waals surface area contributed by atoms with Gasteiger partial charge in [0.05, 0.1) is 11.7 Å². The van der Waals surface area contributed by atoms with Crippen molar-refractivity contribution in [3.05, 3.63) is 17.0 Å². The Morgan fingerprint density at radius 1 is 1.43 bits per heavy atom. The van der Waals surface area contributed by atoms with Gasteiger partial charge in [0.2, 0.25) is 0 Å². The molecule has 0 radical (unpaired) electrons. The van der Waals surface area contributed by atoms with Crippen LogP contribution in [0, 0.1) is 13.8 Å². The molecule has 3 nitrogen and oxygen atoms in total. The second-order valence-electron chi connectivity index (χ2n) is 4.40.